The van der Waals surface area contributed by atoms with Gasteiger partial charge < -0.3 is 10.1 Å². The number of ether oxygens (including phenoxy) is 1. The zero-order chi connectivity index (χ0) is 14.6. The van der Waals surface area contributed by atoms with Crippen LogP contribution in [0.2, 0.25) is 0 Å². The Labute approximate surface area is 123 Å². The van der Waals surface area contributed by atoms with Crippen molar-refractivity contribution in [3.05, 3.63) is 28.3 Å². The van der Waals surface area contributed by atoms with Gasteiger partial charge in [0.05, 0.1) is 11.5 Å². The van der Waals surface area contributed by atoms with Crippen LogP contribution in [0.25, 0.3) is 0 Å². The van der Waals surface area contributed by atoms with Gasteiger partial charge in [0.15, 0.2) is 5.75 Å². The van der Waals surface area contributed by atoms with Crippen molar-refractivity contribution in [3.8, 4) is 5.75 Å². The number of nitrogens with one attached hydrogen (secondary N) is 1. The van der Waals surface area contributed by atoms with Gasteiger partial charge in [0.1, 0.15) is 5.69 Å². The zero-order valence-electron chi connectivity index (χ0n) is 11.8. The molecule has 0 amide bonds. The van der Waals surface area contributed by atoms with Crippen LogP contribution in [0.5, 0.6) is 5.75 Å². The standard InChI is InChI=1S/C14H20N2O3S/c1-3-19-12-7-4-6-11(13(12)16(17)18)15-10-14(2)8-5-9-20-14/h4,6-7,15H,3,5,8-10H2,1-2H3. The SMILES string of the molecule is CCOc1cccc(NCC2(C)CCCS2)c1[N+](=O)[O-]. The highest BCUT2D eigenvalue weighted by atomic mass is 32.2. The number of rotatable bonds is 6. The molecule has 1 saturated heterocycles. The van der Waals surface area contributed by atoms with Crippen molar-refractivity contribution in [2.24, 2.45) is 0 Å². The summed E-state index contributed by atoms with van der Waals surface area (Å²) in [5.41, 5.74) is 0.565. The van der Waals surface area contributed by atoms with E-state index in [0.717, 1.165) is 13.0 Å². The van der Waals surface area contributed by atoms with Crippen LogP contribution in [0.4, 0.5) is 11.4 Å². The van der Waals surface area contributed by atoms with E-state index in [1.165, 1.54) is 12.2 Å². The highest BCUT2D eigenvalue weighted by Gasteiger charge is 2.30. The van der Waals surface area contributed by atoms with Gasteiger partial charge in [0.25, 0.3) is 0 Å². The van der Waals surface area contributed by atoms with Gasteiger partial charge in [-0.05, 0) is 44.6 Å². The fourth-order valence-electron chi connectivity index (χ4n) is 2.38. The van der Waals surface area contributed by atoms with E-state index < -0.39 is 0 Å². The van der Waals surface area contributed by atoms with E-state index in [4.69, 9.17) is 4.74 Å². The summed E-state index contributed by atoms with van der Waals surface area (Å²) in [5, 5.41) is 14.5. The fraction of sp³-hybridized carbons (Fsp3) is 0.571. The van der Waals surface area contributed by atoms with Crippen molar-refractivity contribution in [1.29, 1.82) is 0 Å². The highest BCUT2D eigenvalue weighted by molar-refractivity contribution is 8.00. The Kier molecular flexibility index (Phi) is 4.75. The first-order chi connectivity index (χ1) is 9.56. The molecule has 1 N–H and O–H groups in total. The van der Waals surface area contributed by atoms with Crippen LogP contribution in [-0.4, -0.2) is 28.6 Å². The summed E-state index contributed by atoms with van der Waals surface area (Å²) in [7, 11) is 0. The normalized spacial score (nSPS) is 21.7. The molecule has 0 saturated carbocycles. The molecule has 0 aromatic heterocycles. The Morgan fingerprint density at radius 3 is 2.95 bits per heavy atom. The zero-order valence-corrected chi connectivity index (χ0v) is 12.7. The second-order valence-corrected chi connectivity index (χ2v) is 6.78. The minimum atomic E-state index is -0.378. The van der Waals surface area contributed by atoms with Crippen LogP contribution in [0.15, 0.2) is 18.2 Å². The molecule has 0 aliphatic carbocycles. The number of anilines is 1. The molecule has 5 nitrogen and oxygen atoms in total. The van der Waals surface area contributed by atoms with E-state index in [1.54, 1.807) is 18.2 Å². The van der Waals surface area contributed by atoms with Crippen molar-refractivity contribution >= 4 is 23.1 Å². The average Bonchev–Trinajstić information content (AvgIpc) is 2.84. The first kappa shape index (κ1) is 15.0. The third-order valence-electron chi connectivity index (χ3n) is 3.43. The Bertz CT molecular complexity index is 487. The lowest BCUT2D eigenvalue weighted by molar-refractivity contribution is -0.384. The molecule has 1 atom stereocenters. The quantitative estimate of drug-likeness (QED) is 0.640. The maximum Gasteiger partial charge on any atom is 0.333 e. The number of para-hydroxylation sites is 1. The third-order valence-corrected chi connectivity index (χ3v) is 4.97. The molecule has 1 fully saturated rings. The van der Waals surface area contributed by atoms with Crippen LogP contribution >= 0.6 is 11.8 Å². The molecule has 0 radical (unpaired) electrons. The van der Waals surface area contributed by atoms with E-state index in [1.807, 2.05) is 18.7 Å². The van der Waals surface area contributed by atoms with Crippen molar-refractivity contribution in [2.75, 3.05) is 24.2 Å². The predicted molar refractivity (Wildman–Crippen MR) is 82.9 cm³/mol. The van der Waals surface area contributed by atoms with Crippen LogP contribution in [0.3, 0.4) is 0 Å². The van der Waals surface area contributed by atoms with Gasteiger partial charge in [-0.25, -0.2) is 0 Å². The Morgan fingerprint density at radius 1 is 1.55 bits per heavy atom. The van der Waals surface area contributed by atoms with Gasteiger partial charge in [-0.1, -0.05) is 6.07 Å². The molecule has 110 valence electrons. The summed E-state index contributed by atoms with van der Waals surface area (Å²) < 4.78 is 5.51. The minimum Gasteiger partial charge on any atom is -0.487 e. The monoisotopic (exact) mass is 296 g/mol. The number of nitro benzene ring substituents is 1. The number of hydrogen-bond donors (Lipinski definition) is 1. The first-order valence-electron chi connectivity index (χ1n) is 6.84. The van der Waals surface area contributed by atoms with Crippen LogP contribution in [0.1, 0.15) is 26.7 Å². The van der Waals surface area contributed by atoms with Crippen molar-refractivity contribution in [2.45, 2.75) is 31.4 Å². The van der Waals surface area contributed by atoms with Gasteiger partial charge in [0.2, 0.25) is 0 Å². The molecule has 1 unspecified atom stereocenters. The third kappa shape index (κ3) is 3.36. The van der Waals surface area contributed by atoms with Crippen molar-refractivity contribution in [3.63, 3.8) is 0 Å². The second kappa shape index (κ2) is 6.35. The largest absolute Gasteiger partial charge is 0.487 e. The highest BCUT2D eigenvalue weighted by Crippen LogP contribution is 2.39. The molecule has 1 heterocycles. The van der Waals surface area contributed by atoms with E-state index in [9.17, 15) is 10.1 Å². The average molecular weight is 296 g/mol. The maximum absolute atomic E-state index is 11.3. The number of nitrogens with zero attached hydrogens (tertiary/aromatic N) is 1. The number of nitro groups is 1. The second-order valence-electron chi connectivity index (χ2n) is 5.10. The number of benzene rings is 1. The summed E-state index contributed by atoms with van der Waals surface area (Å²) in [6.45, 7) is 5.17. The van der Waals surface area contributed by atoms with Gasteiger partial charge in [0, 0.05) is 11.3 Å². The molecule has 6 heteroatoms. The van der Waals surface area contributed by atoms with Gasteiger partial charge in [-0.3, -0.25) is 10.1 Å². The molecule has 0 bridgehead atoms. The van der Waals surface area contributed by atoms with E-state index in [0.29, 0.717) is 18.0 Å². The van der Waals surface area contributed by atoms with E-state index in [2.05, 4.69) is 12.2 Å². The molecule has 2 rings (SSSR count). The summed E-state index contributed by atoms with van der Waals surface area (Å²) in [6, 6.07) is 5.16. The van der Waals surface area contributed by atoms with E-state index in [-0.39, 0.29) is 15.4 Å². The lowest BCUT2D eigenvalue weighted by Gasteiger charge is -2.23. The van der Waals surface area contributed by atoms with Crippen LogP contribution < -0.4 is 10.1 Å². The molecule has 1 aromatic carbocycles. The fourth-order valence-corrected chi connectivity index (χ4v) is 3.63. The molecular formula is C14H20N2O3S. The molecule has 1 aromatic rings. The summed E-state index contributed by atoms with van der Waals surface area (Å²) in [4.78, 5) is 10.9. The lowest BCUT2D eigenvalue weighted by Crippen LogP contribution is -2.27. The molecule has 1 aliphatic rings. The lowest BCUT2D eigenvalue weighted by atomic mass is 10.1. The number of hydrogen-bond acceptors (Lipinski definition) is 5. The van der Waals surface area contributed by atoms with Crippen molar-refractivity contribution < 1.29 is 9.66 Å². The van der Waals surface area contributed by atoms with Crippen LogP contribution in [-0.2, 0) is 0 Å². The summed E-state index contributed by atoms with van der Waals surface area (Å²) >= 11 is 1.93. The van der Waals surface area contributed by atoms with Gasteiger partial charge >= 0.3 is 5.69 Å². The van der Waals surface area contributed by atoms with Crippen LogP contribution in [0, 0.1) is 10.1 Å². The summed E-state index contributed by atoms with van der Waals surface area (Å²) in [6.07, 6.45) is 2.35. The molecule has 0 spiro atoms. The molecule has 20 heavy (non-hydrogen) atoms. The van der Waals surface area contributed by atoms with Gasteiger partial charge in [-0.2, -0.15) is 11.8 Å². The summed E-state index contributed by atoms with van der Waals surface area (Å²) in [5.74, 6) is 1.49. The number of thioether (sulfide) groups is 1. The predicted octanol–water partition coefficient (Wildman–Crippen LogP) is 3.69. The minimum absolute atomic E-state index is 0.0287. The van der Waals surface area contributed by atoms with Gasteiger partial charge in [-0.15, -0.1) is 0 Å². The van der Waals surface area contributed by atoms with Crippen molar-refractivity contribution in [1.82, 2.24) is 0 Å². The molecule has 1 aliphatic heterocycles. The molecular weight excluding hydrogens is 276 g/mol. The maximum atomic E-state index is 11.3. The Hall–Kier alpha value is -1.43. The smallest absolute Gasteiger partial charge is 0.333 e. The first-order valence-corrected chi connectivity index (χ1v) is 7.82. The van der Waals surface area contributed by atoms with E-state index >= 15 is 0 Å². The Morgan fingerprint density at radius 2 is 2.35 bits per heavy atom. The Balaban J connectivity index is 2.18. The topological polar surface area (TPSA) is 64.4 Å².